The number of alkyl halides is 2. The van der Waals surface area contributed by atoms with E-state index in [-0.39, 0.29) is 29.5 Å². The number of amides is 2. The molecule has 0 spiro atoms. The Balaban J connectivity index is 1.41. The van der Waals surface area contributed by atoms with E-state index in [1.54, 1.807) is 13.0 Å². The average molecular weight is 542 g/mol. The Bertz CT molecular complexity index is 1370. The molecule has 0 bridgehead atoms. The lowest BCUT2D eigenvalue weighted by Gasteiger charge is -2.34. The number of benzene rings is 1. The summed E-state index contributed by atoms with van der Waals surface area (Å²) in [4.78, 5) is 37.0. The number of hydrogen-bond donors (Lipinski definition) is 4. The second kappa shape index (κ2) is 11.3. The van der Waals surface area contributed by atoms with Crippen LogP contribution in [-0.4, -0.2) is 57.2 Å². The van der Waals surface area contributed by atoms with Gasteiger partial charge in [-0.15, -0.1) is 0 Å². The molecule has 1 aromatic carbocycles. The van der Waals surface area contributed by atoms with Gasteiger partial charge in [-0.2, -0.15) is 0 Å². The first-order valence-corrected chi connectivity index (χ1v) is 13.3. The molecule has 2 aromatic heterocycles. The summed E-state index contributed by atoms with van der Waals surface area (Å²) in [5.41, 5.74) is 2.52. The van der Waals surface area contributed by atoms with Gasteiger partial charge >= 0.3 is 0 Å². The Morgan fingerprint density at radius 2 is 1.97 bits per heavy atom. The van der Waals surface area contributed by atoms with E-state index in [9.17, 15) is 18.4 Å². The van der Waals surface area contributed by atoms with Crippen molar-refractivity contribution in [3.63, 3.8) is 0 Å². The Morgan fingerprint density at radius 1 is 1.18 bits per heavy atom. The third-order valence-electron chi connectivity index (χ3n) is 7.68. The summed E-state index contributed by atoms with van der Waals surface area (Å²) in [5, 5.41) is 14.9. The van der Waals surface area contributed by atoms with E-state index < -0.39 is 18.9 Å². The number of ether oxygens (including phenoxy) is 1. The van der Waals surface area contributed by atoms with Crippen molar-refractivity contribution in [2.45, 2.75) is 64.5 Å². The highest BCUT2D eigenvalue weighted by atomic mass is 19.3. The van der Waals surface area contributed by atoms with Gasteiger partial charge in [0.2, 0.25) is 5.91 Å². The molecule has 3 aromatic rings. The number of hydrogen-bond acceptors (Lipinski definition) is 6. The fraction of sp³-hybridized carbons (Fsp3) is 0.500. The molecule has 3 atom stereocenters. The van der Waals surface area contributed by atoms with Crippen LogP contribution in [0.1, 0.15) is 67.1 Å². The maximum atomic E-state index is 13.6. The van der Waals surface area contributed by atoms with Crippen molar-refractivity contribution in [3.05, 3.63) is 41.3 Å². The molecule has 208 valence electrons. The third-order valence-corrected chi connectivity index (χ3v) is 7.68. The van der Waals surface area contributed by atoms with E-state index in [0.29, 0.717) is 71.1 Å². The van der Waals surface area contributed by atoms with Crippen LogP contribution in [-0.2, 0) is 4.79 Å². The number of nitrogens with zero attached hydrogens (tertiary/aromatic N) is 2. The largest absolute Gasteiger partial charge is 0.493 e. The van der Waals surface area contributed by atoms with Crippen molar-refractivity contribution < 1.29 is 28.2 Å². The molecule has 9 nitrogen and oxygen atoms in total. The lowest BCUT2D eigenvalue weighted by molar-refractivity contribution is -0.125. The first-order chi connectivity index (χ1) is 18.7. The first-order valence-electron chi connectivity index (χ1n) is 13.3. The molecule has 5 rings (SSSR count). The van der Waals surface area contributed by atoms with E-state index in [1.807, 2.05) is 6.92 Å². The van der Waals surface area contributed by atoms with Crippen molar-refractivity contribution in [2.75, 3.05) is 13.2 Å². The molecule has 2 aliphatic rings. The number of H-pyrrole nitrogens is 1. The van der Waals surface area contributed by atoms with Crippen LogP contribution in [0.3, 0.4) is 0 Å². The second-order valence-corrected chi connectivity index (χ2v) is 10.7. The highest BCUT2D eigenvalue weighted by molar-refractivity contribution is 6.09. The fourth-order valence-corrected chi connectivity index (χ4v) is 5.34. The standard InChI is InChI=1S/C28H33F2N5O4/c1-14-9-18(6-7-20(14)35-22(37)11-36)34-28(38)23-15(2)33-26-24(31-13-32-25(23)26)19-10-17(27(29)30)5-8-21(19)39-12-16-3-4-16/h5,8,10,13-14,16,18,20,27,33,36H,3-4,6-7,9,11-12H2,1-2H3,(H,34,38)(H,35,37). The molecule has 2 heterocycles. The Kier molecular flexibility index (Phi) is 7.79. The average Bonchev–Trinajstić information content (AvgIpc) is 3.68. The summed E-state index contributed by atoms with van der Waals surface area (Å²) in [5.74, 6) is 0.367. The van der Waals surface area contributed by atoms with Crippen LogP contribution in [0.5, 0.6) is 5.75 Å². The van der Waals surface area contributed by atoms with Crippen molar-refractivity contribution in [3.8, 4) is 17.0 Å². The van der Waals surface area contributed by atoms with Crippen LogP contribution in [0.4, 0.5) is 8.78 Å². The highest BCUT2D eigenvalue weighted by Crippen LogP contribution is 2.38. The lowest BCUT2D eigenvalue weighted by Crippen LogP contribution is -2.48. The summed E-state index contributed by atoms with van der Waals surface area (Å²) >= 11 is 0. The number of halogens is 2. The summed E-state index contributed by atoms with van der Waals surface area (Å²) in [7, 11) is 0. The molecule has 4 N–H and O–H groups in total. The number of nitrogens with one attached hydrogen (secondary N) is 3. The van der Waals surface area contributed by atoms with Crippen LogP contribution in [0.2, 0.25) is 0 Å². The Morgan fingerprint density at radius 3 is 2.67 bits per heavy atom. The van der Waals surface area contributed by atoms with E-state index in [0.717, 1.165) is 12.8 Å². The minimum atomic E-state index is -2.65. The molecule has 11 heteroatoms. The van der Waals surface area contributed by atoms with Crippen molar-refractivity contribution in [2.24, 2.45) is 11.8 Å². The molecular weight excluding hydrogens is 508 g/mol. The molecule has 0 saturated heterocycles. The molecule has 2 saturated carbocycles. The molecule has 2 aliphatic carbocycles. The van der Waals surface area contributed by atoms with Gasteiger partial charge in [-0.1, -0.05) is 6.92 Å². The van der Waals surface area contributed by atoms with Gasteiger partial charge in [0, 0.05) is 28.9 Å². The summed E-state index contributed by atoms with van der Waals surface area (Å²) in [6, 6.07) is 4.16. The van der Waals surface area contributed by atoms with E-state index in [4.69, 9.17) is 9.84 Å². The van der Waals surface area contributed by atoms with Gasteiger partial charge in [0.25, 0.3) is 12.3 Å². The zero-order valence-corrected chi connectivity index (χ0v) is 22.0. The number of rotatable bonds is 9. The number of aliphatic hydroxyl groups excluding tert-OH is 1. The number of aromatic nitrogens is 3. The van der Waals surface area contributed by atoms with Gasteiger partial charge in [0.15, 0.2) is 0 Å². The summed E-state index contributed by atoms with van der Waals surface area (Å²) < 4.78 is 33.2. The molecule has 0 radical (unpaired) electrons. The smallest absolute Gasteiger partial charge is 0.263 e. The van der Waals surface area contributed by atoms with Gasteiger partial charge in [0.1, 0.15) is 29.9 Å². The maximum absolute atomic E-state index is 13.6. The Labute approximate surface area is 224 Å². The SMILES string of the molecule is Cc1[nH]c2c(-c3cc(C(F)F)ccc3OCC3CC3)ncnc2c1C(=O)NC1CCC(NC(=O)CO)C(C)C1. The highest BCUT2D eigenvalue weighted by Gasteiger charge is 2.31. The van der Waals surface area contributed by atoms with Crippen LogP contribution in [0, 0.1) is 18.8 Å². The van der Waals surface area contributed by atoms with Gasteiger partial charge in [-0.3, -0.25) is 9.59 Å². The van der Waals surface area contributed by atoms with Crippen molar-refractivity contribution in [1.82, 2.24) is 25.6 Å². The molecule has 2 fully saturated rings. The number of aliphatic hydroxyl groups is 1. The Hall–Kier alpha value is -3.60. The molecule has 2 amide bonds. The number of carbonyl (C=O) groups is 2. The van der Waals surface area contributed by atoms with Crippen LogP contribution >= 0.6 is 0 Å². The predicted octanol–water partition coefficient (Wildman–Crippen LogP) is 4.06. The zero-order valence-electron chi connectivity index (χ0n) is 22.0. The minimum Gasteiger partial charge on any atom is -0.493 e. The lowest BCUT2D eigenvalue weighted by atomic mass is 9.82. The molecule has 0 aliphatic heterocycles. The van der Waals surface area contributed by atoms with Gasteiger partial charge in [-0.25, -0.2) is 18.7 Å². The van der Waals surface area contributed by atoms with Gasteiger partial charge < -0.3 is 25.5 Å². The normalized spacial score (nSPS) is 21.2. The van der Waals surface area contributed by atoms with Gasteiger partial charge in [0.05, 0.1) is 17.7 Å². The predicted molar refractivity (Wildman–Crippen MR) is 141 cm³/mol. The third kappa shape index (κ3) is 5.88. The van der Waals surface area contributed by atoms with E-state index >= 15 is 0 Å². The monoisotopic (exact) mass is 541 g/mol. The fourth-order valence-electron chi connectivity index (χ4n) is 5.34. The van der Waals surface area contributed by atoms with Crippen LogP contribution < -0.4 is 15.4 Å². The van der Waals surface area contributed by atoms with E-state index in [2.05, 4.69) is 25.6 Å². The summed E-state index contributed by atoms with van der Waals surface area (Å²) in [6.45, 7) is 3.74. The summed E-state index contributed by atoms with van der Waals surface area (Å²) in [6.07, 6.45) is 2.89. The van der Waals surface area contributed by atoms with Crippen LogP contribution in [0.15, 0.2) is 24.5 Å². The molecular formula is C28H33F2N5O4. The number of aromatic amines is 1. The van der Waals surface area contributed by atoms with Gasteiger partial charge in [-0.05, 0) is 69.1 Å². The number of aryl methyl sites for hydroxylation is 1. The van der Waals surface area contributed by atoms with Crippen LogP contribution in [0.25, 0.3) is 22.3 Å². The number of fused-ring (bicyclic) bond motifs is 1. The number of carbonyl (C=O) groups excluding carboxylic acids is 2. The second-order valence-electron chi connectivity index (χ2n) is 10.7. The van der Waals surface area contributed by atoms with E-state index in [1.165, 1.54) is 18.5 Å². The quantitative estimate of drug-likeness (QED) is 0.323. The molecule has 3 unspecified atom stereocenters. The maximum Gasteiger partial charge on any atom is 0.263 e. The molecule has 39 heavy (non-hydrogen) atoms. The zero-order chi connectivity index (χ0) is 27.7. The first kappa shape index (κ1) is 27.0. The topological polar surface area (TPSA) is 129 Å². The van der Waals surface area contributed by atoms with Crippen molar-refractivity contribution >= 4 is 22.8 Å². The van der Waals surface area contributed by atoms with Crippen molar-refractivity contribution in [1.29, 1.82) is 0 Å². The minimum absolute atomic E-state index is 0.0525.